The molecular weight excluding hydrogens is 297 g/mol. The quantitative estimate of drug-likeness (QED) is 0.941. The molecule has 0 amide bonds. The van der Waals surface area contributed by atoms with Gasteiger partial charge in [0.25, 0.3) is 0 Å². The van der Waals surface area contributed by atoms with Gasteiger partial charge in [-0.25, -0.2) is 0 Å². The molecule has 118 valence electrons. The number of benzene rings is 1. The number of carbonyl (C=O) groups is 1. The number of hydrogen-bond acceptors (Lipinski definition) is 2. The molecule has 0 saturated heterocycles. The summed E-state index contributed by atoms with van der Waals surface area (Å²) in [6, 6.07) is 5.21. The fraction of sp³-hybridized carbons (Fsp3) is 0.333. The van der Waals surface area contributed by atoms with Crippen LogP contribution in [-0.2, 0) is 24.4 Å². The first-order valence-corrected chi connectivity index (χ1v) is 6.62. The minimum Gasteiger partial charge on any atom is -0.481 e. The van der Waals surface area contributed by atoms with Gasteiger partial charge in [0.05, 0.1) is 17.7 Å². The van der Waals surface area contributed by atoms with E-state index >= 15 is 0 Å². The molecule has 2 aromatic rings. The number of hydrogen-bond donors (Lipinski definition) is 1. The van der Waals surface area contributed by atoms with E-state index < -0.39 is 23.6 Å². The summed E-state index contributed by atoms with van der Waals surface area (Å²) in [4.78, 5) is 11.0. The highest BCUT2D eigenvalue weighted by Crippen LogP contribution is 2.38. The minimum atomic E-state index is -4.48. The third-order valence-corrected chi connectivity index (χ3v) is 3.51. The second kappa shape index (κ2) is 5.82. The first-order valence-electron chi connectivity index (χ1n) is 6.62. The average Bonchev–Trinajstić information content (AvgIpc) is 2.79. The van der Waals surface area contributed by atoms with E-state index in [4.69, 9.17) is 5.11 Å². The molecule has 22 heavy (non-hydrogen) atoms. The Morgan fingerprint density at radius 1 is 1.32 bits per heavy atom. The predicted octanol–water partition coefficient (Wildman–Crippen LogP) is 3.37. The van der Waals surface area contributed by atoms with Gasteiger partial charge in [-0.05, 0) is 11.6 Å². The molecule has 1 unspecified atom stereocenters. The number of aryl methyl sites for hydroxylation is 1. The van der Waals surface area contributed by atoms with Crippen molar-refractivity contribution in [1.82, 2.24) is 9.78 Å². The van der Waals surface area contributed by atoms with Gasteiger partial charge < -0.3 is 5.11 Å². The molecule has 1 N–H and O–H groups in total. The maximum atomic E-state index is 13.1. The van der Waals surface area contributed by atoms with Crippen LogP contribution in [0.5, 0.6) is 0 Å². The van der Waals surface area contributed by atoms with E-state index in [0.717, 1.165) is 6.07 Å². The van der Waals surface area contributed by atoms with Crippen LogP contribution in [0.1, 0.15) is 18.2 Å². The highest BCUT2D eigenvalue weighted by molar-refractivity contribution is 5.73. The summed E-state index contributed by atoms with van der Waals surface area (Å²) in [5.41, 5.74) is 0.0260. The molecule has 0 aliphatic heterocycles. The molecule has 0 fully saturated rings. The minimum absolute atomic E-state index is 0.00990. The van der Waals surface area contributed by atoms with Crippen LogP contribution >= 0.6 is 0 Å². The first kappa shape index (κ1) is 16.1. The van der Waals surface area contributed by atoms with E-state index in [1.807, 2.05) is 0 Å². The lowest BCUT2D eigenvalue weighted by atomic mass is 9.95. The Hall–Kier alpha value is -2.31. The number of rotatable bonds is 4. The summed E-state index contributed by atoms with van der Waals surface area (Å²) in [5.74, 6) is -1.72. The molecular formula is C15H15F3N2O2. The Bertz CT molecular complexity index is 692. The van der Waals surface area contributed by atoms with Crippen molar-refractivity contribution in [2.24, 2.45) is 13.0 Å². The Kier molecular flexibility index (Phi) is 4.25. The molecule has 7 heteroatoms. The van der Waals surface area contributed by atoms with Crippen molar-refractivity contribution in [3.8, 4) is 11.1 Å². The van der Waals surface area contributed by atoms with Crippen LogP contribution in [0.3, 0.4) is 0 Å². The van der Waals surface area contributed by atoms with Crippen LogP contribution in [0.4, 0.5) is 13.2 Å². The number of halogens is 3. The number of nitrogens with zero attached hydrogens (tertiary/aromatic N) is 2. The van der Waals surface area contributed by atoms with Crippen molar-refractivity contribution < 1.29 is 23.1 Å². The van der Waals surface area contributed by atoms with E-state index in [1.165, 1.54) is 36.0 Å². The third-order valence-electron chi connectivity index (χ3n) is 3.51. The van der Waals surface area contributed by atoms with Gasteiger partial charge >= 0.3 is 12.1 Å². The third kappa shape index (κ3) is 3.13. The Labute approximate surface area is 125 Å². The van der Waals surface area contributed by atoms with Gasteiger partial charge in [-0.2, -0.15) is 18.3 Å². The lowest BCUT2D eigenvalue weighted by Crippen LogP contribution is -2.15. The van der Waals surface area contributed by atoms with Gasteiger partial charge in [-0.3, -0.25) is 9.48 Å². The molecule has 1 aromatic heterocycles. The largest absolute Gasteiger partial charge is 0.481 e. The van der Waals surface area contributed by atoms with Crippen molar-refractivity contribution in [3.05, 3.63) is 41.7 Å². The monoisotopic (exact) mass is 312 g/mol. The lowest BCUT2D eigenvalue weighted by molar-refractivity contribution is -0.141. The number of alkyl halides is 3. The van der Waals surface area contributed by atoms with Gasteiger partial charge in [-0.15, -0.1) is 0 Å². The zero-order chi connectivity index (χ0) is 16.5. The summed E-state index contributed by atoms with van der Waals surface area (Å²) >= 11 is 0. The van der Waals surface area contributed by atoms with Crippen molar-refractivity contribution >= 4 is 5.97 Å². The van der Waals surface area contributed by atoms with Crippen molar-refractivity contribution in [2.45, 2.75) is 19.5 Å². The Balaban J connectivity index is 2.54. The highest BCUT2D eigenvalue weighted by Gasteiger charge is 2.34. The van der Waals surface area contributed by atoms with E-state index in [0.29, 0.717) is 11.3 Å². The van der Waals surface area contributed by atoms with Crippen LogP contribution in [0.15, 0.2) is 30.5 Å². The van der Waals surface area contributed by atoms with Crippen LogP contribution < -0.4 is 0 Å². The van der Waals surface area contributed by atoms with Gasteiger partial charge in [0.1, 0.15) is 0 Å². The standard InChI is InChI=1S/C15H15F3N2O2/c1-9(14(21)22)7-13-11(8-19-20(13)2)10-5-3-4-6-12(10)15(16,17)18/h3-6,8-9H,7H2,1-2H3,(H,21,22). The van der Waals surface area contributed by atoms with Crippen LogP contribution in [0.2, 0.25) is 0 Å². The Morgan fingerprint density at radius 2 is 1.95 bits per heavy atom. The fourth-order valence-electron chi connectivity index (χ4n) is 2.27. The molecule has 0 radical (unpaired) electrons. The normalized spacial score (nSPS) is 13.1. The van der Waals surface area contributed by atoms with Crippen molar-refractivity contribution in [2.75, 3.05) is 0 Å². The summed E-state index contributed by atoms with van der Waals surface area (Å²) in [5, 5.41) is 13.0. The van der Waals surface area contributed by atoms with Gasteiger partial charge in [0.2, 0.25) is 0 Å². The maximum absolute atomic E-state index is 13.1. The molecule has 1 atom stereocenters. The van der Waals surface area contributed by atoms with E-state index in [1.54, 1.807) is 7.05 Å². The Morgan fingerprint density at radius 3 is 2.55 bits per heavy atom. The topological polar surface area (TPSA) is 55.1 Å². The molecule has 0 aliphatic rings. The first-order chi connectivity index (χ1) is 10.2. The molecule has 0 aliphatic carbocycles. The maximum Gasteiger partial charge on any atom is 0.417 e. The van der Waals surface area contributed by atoms with Crippen LogP contribution in [0.25, 0.3) is 11.1 Å². The number of carboxylic acid groups (broad SMARTS) is 1. The smallest absolute Gasteiger partial charge is 0.417 e. The second-order valence-electron chi connectivity index (χ2n) is 5.12. The van der Waals surface area contributed by atoms with Gasteiger partial charge in [-0.1, -0.05) is 25.1 Å². The number of carboxylic acids is 1. The molecule has 0 saturated carbocycles. The lowest BCUT2D eigenvalue weighted by Gasteiger charge is -2.14. The fourth-order valence-corrected chi connectivity index (χ4v) is 2.27. The van der Waals surface area contributed by atoms with Crippen LogP contribution in [0, 0.1) is 5.92 Å². The van der Waals surface area contributed by atoms with E-state index in [-0.39, 0.29) is 12.0 Å². The summed E-state index contributed by atoms with van der Waals surface area (Å²) < 4.78 is 40.8. The number of aliphatic carboxylic acids is 1. The molecule has 1 heterocycles. The van der Waals surface area contributed by atoms with Gasteiger partial charge in [0, 0.05) is 24.7 Å². The average molecular weight is 312 g/mol. The van der Waals surface area contributed by atoms with E-state index in [9.17, 15) is 18.0 Å². The highest BCUT2D eigenvalue weighted by atomic mass is 19.4. The summed E-state index contributed by atoms with van der Waals surface area (Å²) in [6.07, 6.45) is -3.04. The van der Waals surface area contributed by atoms with Crippen molar-refractivity contribution in [3.63, 3.8) is 0 Å². The number of aromatic nitrogens is 2. The zero-order valence-corrected chi connectivity index (χ0v) is 12.1. The van der Waals surface area contributed by atoms with Crippen molar-refractivity contribution in [1.29, 1.82) is 0 Å². The molecule has 1 aromatic carbocycles. The van der Waals surface area contributed by atoms with E-state index in [2.05, 4.69) is 5.10 Å². The SMILES string of the molecule is CC(Cc1c(-c2ccccc2C(F)(F)F)cnn1C)C(=O)O. The zero-order valence-electron chi connectivity index (χ0n) is 12.1. The van der Waals surface area contributed by atoms with Crippen LogP contribution in [-0.4, -0.2) is 20.9 Å². The predicted molar refractivity (Wildman–Crippen MR) is 74.1 cm³/mol. The molecule has 0 spiro atoms. The molecule has 4 nitrogen and oxygen atoms in total. The summed E-state index contributed by atoms with van der Waals surface area (Å²) in [7, 11) is 1.59. The summed E-state index contributed by atoms with van der Waals surface area (Å²) in [6.45, 7) is 1.51. The molecule has 2 rings (SSSR count). The molecule has 0 bridgehead atoms. The second-order valence-corrected chi connectivity index (χ2v) is 5.12. The van der Waals surface area contributed by atoms with Gasteiger partial charge in [0.15, 0.2) is 0 Å².